The van der Waals surface area contributed by atoms with Crippen molar-refractivity contribution in [2.75, 3.05) is 20.0 Å². The first-order valence-corrected chi connectivity index (χ1v) is 14.6. The molecule has 0 amide bonds. The Balaban J connectivity index is 1.47. The minimum atomic E-state index is -0.681. The number of hydrogen-bond acceptors (Lipinski definition) is 8. The molecule has 0 N–H and O–H groups in total. The Labute approximate surface area is 246 Å². The van der Waals surface area contributed by atoms with Crippen molar-refractivity contribution < 1.29 is 23.7 Å². The van der Waals surface area contributed by atoms with Gasteiger partial charge in [0.1, 0.15) is 5.75 Å². The largest absolute Gasteiger partial charge is 0.494 e. The van der Waals surface area contributed by atoms with Gasteiger partial charge in [0.2, 0.25) is 6.79 Å². The number of thiazole rings is 1. The second kappa shape index (κ2) is 11.0. The number of rotatable bonds is 7. The molecule has 1 atom stereocenters. The first kappa shape index (κ1) is 27.6. The van der Waals surface area contributed by atoms with Crippen LogP contribution in [0.15, 0.2) is 69.6 Å². The number of hydrogen-bond donors (Lipinski definition) is 0. The van der Waals surface area contributed by atoms with Crippen LogP contribution in [-0.2, 0) is 9.53 Å². The van der Waals surface area contributed by atoms with Crippen molar-refractivity contribution in [3.05, 3.63) is 102 Å². The highest BCUT2D eigenvalue weighted by atomic mass is 32.1. The number of benzene rings is 2. The van der Waals surface area contributed by atoms with Gasteiger partial charge in [-0.2, -0.15) is 0 Å². The molecule has 2 aromatic carbocycles. The molecule has 2 aromatic heterocycles. The molecule has 216 valence electrons. The molecule has 2 aliphatic rings. The van der Waals surface area contributed by atoms with E-state index in [0.29, 0.717) is 38.7 Å². The molecular formula is C32H31N3O6S. The lowest BCUT2D eigenvalue weighted by molar-refractivity contribution is -0.139. The molecule has 0 spiro atoms. The molecule has 0 fully saturated rings. The summed E-state index contributed by atoms with van der Waals surface area (Å²) in [6, 6.07) is 14.7. The van der Waals surface area contributed by atoms with Crippen molar-refractivity contribution in [3.63, 3.8) is 0 Å². The maximum Gasteiger partial charge on any atom is 0.338 e. The highest BCUT2D eigenvalue weighted by Crippen LogP contribution is 2.35. The van der Waals surface area contributed by atoms with Gasteiger partial charge in [-0.05, 0) is 82.2 Å². The van der Waals surface area contributed by atoms with E-state index in [-0.39, 0.29) is 19.0 Å². The number of aromatic nitrogens is 2. The SMILES string of the molecule is CCOC(=O)C1=C(C)N=c2s/c(=C\c3cc(C)n(-c4ccc5c(c4)OCO5)c3C)c(=O)n2[C@H]1c1ccc(OCC)cc1. The lowest BCUT2D eigenvalue weighted by atomic mass is 9.96. The lowest BCUT2D eigenvalue weighted by Gasteiger charge is -2.24. The molecular weight excluding hydrogens is 554 g/mol. The first-order chi connectivity index (χ1) is 20.3. The van der Waals surface area contributed by atoms with Gasteiger partial charge in [0.05, 0.1) is 35.1 Å². The highest BCUT2D eigenvalue weighted by molar-refractivity contribution is 7.07. The van der Waals surface area contributed by atoms with Crippen molar-refractivity contribution in [3.8, 4) is 22.9 Å². The minimum Gasteiger partial charge on any atom is -0.494 e. The molecule has 2 aliphatic heterocycles. The summed E-state index contributed by atoms with van der Waals surface area (Å²) in [6.45, 7) is 10.5. The quantitative estimate of drug-likeness (QED) is 0.300. The van der Waals surface area contributed by atoms with Gasteiger partial charge in [-0.25, -0.2) is 9.79 Å². The van der Waals surface area contributed by atoms with Gasteiger partial charge < -0.3 is 23.5 Å². The Bertz CT molecular complexity index is 1910. The summed E-state index contributed by atoms with van der Waals surface area (Å²) >= 11 is 1.30. The van der Waals surface area contributed by atoms with Gasteiger partial charge in [0.25, 0.3) is 5.56 Å². The summed E-state index contributed by atoms with van der Waals surface area (Å²) in [6.07, 6.45) is 1.90. The van der Waals surface area contributed by atoms with E-state index in [9.17, 15) is 9.59 Å². The zero-order valence-electron chi connectivity index (χ0n) is 24.1. The van der Waals surface area contributed by atoms with Gasteiger partial charge in [-0.1, -0.05) is 23.5 Å². The van der Waals surface area contributed by atoms with Crippen molar-refractivity contribution in [1.29, 1.82) is 0 Å². The molecule has 0 radical (unpaired) electrons. The molecule has 4 heterocycles. The second-order valence-corrected chi connectivity index (χ2v) is 11.0. The van der Waals surface area contributed by atoms with Crippen LogP contribution in [0, 0.1) is 13.8 Å². The van der Waals surface area contributed by atoms with Crippen LogP contribution >= 0.6 is 11.3 Å². The van der Waals surface area contributed by atoms with Crippen LogP contribution < -0.4 is 29.1 Å². The van der Waals surface area contributed by atoms with E-state index >= 15 is 0 Å². The van der Waals surface area contributed by atoms with Crippen LogP contribution in [-0.4, -0.2) is 35.1 Å². The third kappa shape index (κ3) is 4.71. The average molecular weight is 586 g/mol. The maximum absolute atomic E-state index is 14.1. The monoisotopic (exact) mass is 585 g/mol. The predicted octanol–water partition coefficient (Wildman–Crippen LogP) is 4.33. The van der Waals surface area contributed by atoms with E-state index in [1.165, 1.54) is 11.3 Å². The Morgan fingerprint density at radius 3 is 2.55 bits per heavy atom. The highest BCUT2D eigenvalue weighted by Gasteiger charge is 2.33. The molecule has 10 heteroatoms. The van der Waals surface area contributed by atoms with Crippen LogP contribution in [0.4, 0.5) is 0 Å². The van der Waals surface area contributed by atoms with E-state index < -0.39 is 12.0 Å². The Morgan fingerprint density at radius 1 is 1.05 bits per heavy atom. The molecule has 0 saturated heterocycles. The van der Waals surface area contributed by atoms with Gasteiger partial charge >= 0.3 is 5.97 Å². The number of carbonyl (C=O) groups is 1. The second-order valence-electron chi connectivity index (χ2n) is 10.0. The number of carbonyl (C=O) groups excluding carboxylic acids is 1. The number of fused-ring (bicyclic) bond motifs is 2. The zero-order valence-corrected chi connectivity index (χ0v) is 24.9. The number of nitrogens with zero attached hydrogens (tertiary/aromatic N) is 3. The molecule has 9 nitrogen and oxygen atoms in total. The van der Waals surface area contributed by atoms with Crippen LogP contribution in [0.2, 0.25) is 0 Å². The molecule has 0 saturated carbocycles. The van der Waals surface area contributed by atoms with E-state index in [4.69, 9.17) is 18.9 Å². The van der Waals surface area contributed by atoms with Crippen LogP contribution in [0.1, 0.15) is 49.3 Å². The van der Waals surface area contributed by atoms with Crippen molar-refractivity contribution in [2.24, 2.45) is 4.99 Å². The molecule has 0 bridgehead atoms. The van der Waals surface area contributed by atoms with Crippen LogP contribution in [0.5, 0.6) is 17.2 Å². The summed E-state index contributed by atoms with van der Waals surface area (Å²) in [4.78, 5) is 32.4. The van der Waals surface area contributed by atoms with Gasteiger partial charge in [-0.3, -0.25) is 9.36 Å². The molecule has 4 aromatic rings. The van der Waals surface area contributed by atoms with Gasteiger partial charge in [0.15, 0.2) is 16.3 Å². The van der Waals surface area contributed by atoms with Gasteiger partial charge in [-0.15, -0.1) is 0 Å². The standard InChI is InChI=1S/C32H31N3O6S/c1-6-38-24-11-8-21(9-12-24)29-28(31(37)39-7-2)19(4)33-32-35(29)30(36)27(42-32)15-22-14-18(3)34(20(22)5)23-10-13-25-26(16-23)41-17-40-25/h8-16,29H,6-7,17H2,1-5H3/b27-15-/t29-/m0/s1. The normalized spacial score (nSPS) is 15.9. The van der Waals surface area contributed by atoms with Crippen molar-refractivity contribution >= 4 is 23.4 Å². The van der Waals surface area contributed by atoms with Crippen LogP contribution in [0.25, 0.3) is 11.8 Å². The lowest BCUT2D eigenvalue weighted by Crippen LogP contribution is -2.39. The average Bonchev–Trinajstić information content (AvgIpc) is 3.64. The number of esters is 1. The predicted molar refractivity (Wildman–Crippen MR) is 159 cm³/mol. The third-order valence-corrected chi connectivity index (χ3v) is 8.38. The molecule has 0 aliphatic carbocycles. The van der Waals surface area contributed by atoms with E-state index in [0.717, 1.165) is 34.0 Å². The van der Waals surface area contributed by atoms with Crippen molar-refractivity contribution in [2.45, 2.75) is 40.7 Å². The van der Waals surface area contributed by atoms with E-state index in [2.05, 4.69) is 15.6 Å². The maximum atomic E-state index is 14.1. The van der Waals surface area contributed by atoms with E-state index in [1.54, 1.807) is 18.4 Å². The smallest absolute Gasteiger partial charge is 0.338 e. The summed E-state index contributed by atoms with van der Waals surface area (Å²) < 4.78 is 26.3. The zero-order chi connectivity index (χ0) is 29.5. The summed E-state index contributed by atoms with van der Waals surface area (Å²) in [5.41, 5.74) is 5.27. The van der Waals surface area contributed by atoms with Gasteiger partial charge in [0, 0.05) is 23.1 Å². The topological polar surface area (TPSA) is 93.3 Å². The number of allylic oxidation sites excluding steroid dienone is 1. The fourth-order valence-corrected chi connectivity index (χ4v) is 6.55. The Morgan fingerprint density at radius 2 is 1.81 bits per heavy atom. The first-order valence-electron chi connectivity index (χ1n) is 13.8. The molecule has 42 heavy (non-hydrogen) atoms. The van der Waals surface area contributed by atoms with Crippen LogP contribution in [0.3, 0.4) is 0 Å². The summed E-state index contributed by atoms with van der Waals surface area (Å²) in [5, 5.41) is 0. The fraction of sp³-hybridized carbons (Fsp3) is 0.281. The summed E-state index contributed by atoms with van der Waals surface area (Å²) in [5.74, 6) is 1.66. The Hall–Kier alpha value is -4.57. The number of aryl methyl sites for hydroxylation is 1. The summed E-state index contributed by atoms with van der Waals surface area (Å²) in [7, 11) is 0. The molecule has 0 unspecified atom stereocenters. The molecule has 6 rings (SSSR count). The third-order valence-electron chi connectivity index (χ3n) is 7.40. The van der Waals surface area contributed by atoms with Crippen molar-refractivity contribution in [1.82, 2.24) is 9.13 Å². The Kier molecular flexibility index (Phi) is 7.24. The van der Waals surface area contributed by atoms with E-state index in [1.807, 2.05) is 69.3 Å². The minimum absolute atomic E-state index is 0.212. The fourth-order valence-electron chi connectivity index (χ4n) is 5.52. The number of ether oxygens (including phenoxy) is 4.